The van der Waals surface area contributed by atoms with Gasteiger partial charge in [-0.25, -0.2) is 4.79 Å². The maximum atomic E-state index is 12.6. The first-order chi connectivity index (χ1) is 12.6. The number of anilines is 2. The standard InChI is InChI=1S/C19H20ClN3O3/c1-26-16-10-8-15(9-11-16)22-19(25)23-12-2-3-17(23)18(24)21-14-6-4-13(20)5-7-14/h4-11,17H,2-3,12H2,1H3,(H,21,24)(H,22,25)/t17-/m0/s1. The lowest BCUT2D eigenvalue weighted by atomic mass is 10.2. The summed E-state index contributed by atoms with van der Waals surface area (Å²) in [6, 6.07) is 13.2. The number of carbonyl (C=O) groups is 2. The van der Waals surface area contributed by atoms with Crippen LogP contribution >= 0.6 is 11.6 Å². The van der Waals surface area contributed by atoms with Gasteiger partial charge in [0.05, 0.1) is 7.11 Å². The third-order valence-corrected chi connectivity index (χ3v) is 4.52. The molecule has 3 amide bonds. The highest BCUT2D eigenvalue weighted by Crippen LogP contribution is 2.22. The monoisotopic (exact) mass is 373 g/mol. The van der Waals surface area contributed by atoms with E-state index in [2.05, 4.69) is 10.6 Å². The molecule has 136 valence electrons. The van der Waals surface area contributed by atoms with Crippen LogP contribution in [0.5, 0.6) is 5.75 Å². The van der Waals surface area contributed by atoms with E-state index >= 15 is 0 Å². The van der Waals surface area contributed by atoms with Crippen molar-refractivity contribution in [2.75, 3.05) is 24.3 Å². The van der Waals surface area contributed by atoms with E-state index in [1.165, 1.54) is 0 Å². The van der Waals surface area contributed by atoms with Gasteiger partial charge in [-0.15, -0.1) is 0 Å². The van der Waals surface area contributed by atoms with E-state index in [1.807, 2.05) is 0 Å². The van der Waals surface area contributed by atoms with Crippen molar-refractivity contribution in [1.29, 1.82) is 0 Å². The first-order valence-electron chi connectivity index (χ1n) is 8.35. The largest absolute Gasteiger partial charge is 0.497 e. The zero-order valence-corrected chi connectivity index (χ0v) is 15.1. The maximum absolute atomic E-state index is 12.6. The molecule has 3 rings (SSSR count). The van der Waals surface area contributed by atoms with E-state index in [9.17, 15) is 9.59 Å². The maximum Gasteiger partial charge on any atom is 0.322 e. The van der Waals surface area contributed by atoms with Crippen molar-refractivity contribution in [3.05, 3.63) is 53.6 Å². The Morgan fingerprint density at radius 2 is 1.65 bits per heavy atom. The fraction of sp³-hybridized carbons (Fsp3) is 0.263. The third kappa shape index (κ3) is 4.26. The van der Waals surface area contributed by atoms with Gasteiger partial charge < -0.3 is 20.3 Å². The average Bonchev–Trinajstić information content (AvgIpc) is 3.14. The minimum absolute atomic E-state index is 0.199. The molecule has 0 bridgehead atoms. The van der Waals surface area contributed by atoms with E-state index in [1.54, 1.807) is 60.5 Å². The summed E-state index contributed by atoms with van der Waals surface area (Å²) in [6.07, 6.45) is 1.42. The van der Waals surface area contributed by atoms with E-state index in [-0.39, 0.29) is 11.9 Å². The summed E-state index contributed by atoms with van der Waals surface area (Å²) in [5, 5.41) is 6.27. The van der Waals surface area contributed by atoms with Crippen LogP contribution in [-0.2, 0) is 4.79 Å². The number of carbonyl (C=O) groups excluding carboxylic acids is 2. The Morgan fingerprint density at radius 3 is 2.31 bits per heavy atom. The third-order valence-electron chi connectivity index (χ3n) is 4.27. The van der Waals surface area contributed by atoms with Gasteiger partial charge in [-0.2, -0.15) is 0 Å². The zero-order valence-electron chi connectivity index (χ0n) is 14.4. The topological polar surface area (TPSA) is 70.7 Å². The number of hydrogen-bond acceptors (Lipinski definition) is 3. The lowest BCUT2D eigenvalue weighted by Gasteiger charge is -2.24. The second-order valence-corrected chi connectivity index (χ2v) is 6.44. The van der Waals surface area contributed by atoms with Gasteiger partial charge in [0, 0.05) is 22.9 Å². The molecule has 0 spiro atoms. The van der Waals surface area contributed by atoms with Crippen molar-refractivity contribution in [3.63, 3.8) is 0 Å². The van der Waals surface area contributed by atoms with Crippen LogP contribution in [0.1, 0.15) is 12.8 Å². The molecule has 0 radical (unpaired) electrons. The fourth-order valence-corrected chi connectivity index (χ4v) is 3.04. The predicted octanol–water partition coefficient (Wildman–Crippen LogP) is 3.98. The first-order valence-corrected chi connectivity index (χ1v) is 8.73. The van der Waals surface area contributed by atoms with Crippen LogP contribution in [-0.4, -0.2) is 36.5 Å². The number of likely N-dealkylation sites (tertiary alicyclic amines) is 1. The summed E-state index contributed by atoms with van der Waals surface area (Å²) in [4.78, 5) is 26.7. The van der Waals surface area contributed by atoms with Gasteiger partial charge in [0.15, 0.2) is 0 Å². The molecule has 7 heteroatoms. The molecule has 1 saturated heterocycles. The first kappa shape index (κ1) is 18.1. The van der Waals surface area contributed by atoms with Crippen LogP contribution < -0.4 is 15.4 Å². The minimum atomic E-state index is -0.496. The van der Waals surface area contributed by atoms with Crippen LogP contribution in [0.3, 0.4) is 0 Å². The molecule has 2 aromatic carbocycles. The van der Waals surface area contributed by atoms with Crippen LogP contribution in [0.15, 0.2) is 48.5 Å². The zero-order chi connectivity index (χ0) is 18.5. The minimum Gasteiger partial charge on any atom is -0.497 e. The van der Waals surface area contributed by atoms with Crippen molar-refractivity contribution in [3.8, 4) is 5.75 Å². The SMILES string of the molecule is COc1ccc(NC(=O)N2CCC[C@H]2C(=O)Nc2ccc(Cl)cc2)cc1. The molecular weight excluding hydrogens is 354 g/mol. The van der Waals surface area contributed by atoms with Gasteiger partial charge in [-0.1, -0.05) is 11.6 Å². The lowest BCUT2D eigenvalue weighted by molar-refractivity contribution is -0.119. The summed E-state index contributed by atoms with van der Waals surface area (Å²) in [5.74, 6) is 0.513. The van der Waals surface area contributed by atoms with E-state index < -0.39 is 6.04 Å². The van der Waals surface area contributed by atoms with Gasteiger partial charge in [-0.05, 0) is 61.4 Å². The van der Waals surface area contributed by atoms with Gasteiger partial charge >= 0.3 is 6.03 Å². The number of rotatable bonds is 4. The van der Waals surface area contributed by atoms with Crippen LogP contribution in [0.4, 0.5) is 16.2 Å². The van der Waals surface area contributed by atoms with E-state index in [4.69, 9.17) is 16.3 Å². The quantitative estimate of drug-likeness (QED) is 0.851. The molecule has 2 N–H and O–H groups in total. The Hall–Kier alpha value is -2.73. The fourth-order valence-electron chi connectivity index (χ4n) is 2.91. The molecule has 1 aliphatic heterocycles. The number of ether oxygens (including phenoxy) is 1. The Labute approximate surface area is 157 Å². The average molecular weight is 374 g/mol. The molecule has 2 aromatic rings. The van der Waals surface area contributed by atoms with E-state index in [0.29, 0.717) is 35.1 Å². The summed E-state index contributed by atoms with van der Waals surface area (Å²) in [7, 11) is 1.59. The molecule has 1 atom stereocenters. The highest BCUT2D eigenvalue weighted by Gasteiger charge is 2.34. The number of urea groups is 1. The molecule has 1 heterocycles. The van der Waals surface area contributed by atoms with Crippen molar-refractivity contribution in [2.24, 2.45) is 0 Å². The highest BCUT2D eigenvalue weighted by atomic mass is 35.5. The van der Waals surface area contributed by atoms with Gasteiger partial charge in [0.25, 0.3) is 0 Å². The van der Waals surface area contributed by atoms with Gasteiger partial charge in [0.1, 0.15) is 11.8 Å². The van der Waals surface area contributed by atoms with Crippen molar-refractivity contribution in [1.82, 2.24) is 4.90 Å². The van der Waals surface area contributed by atoms with Crippen molar-refractivity contribution in [2.45, 2.75) is 18.9 Å². The smallest absolute Gasteiger partial charge is 0.322 e. The molecular formula is C19H20ClN3O3. The highest BCUT2D eigenvalue weighted by molar-refractivity contribution is 6.30. The molecule has 0 saturated carbocycles. The van der Waals surface area contributed by atoms with E-state index in [0.717, 1.165) is 6.42 Å². The van der Waals surface area contributed by atoms with Crippen molar-refractivity contribution >= 4 is 34.9 Å². The summed E-state index contributed by atoms with van der Waals surface area (Å²) in [6.45, 7) is 0.542. The number of benzene rings is 2. The number of halogens is 1. The molecule has 1 fully saturated rings. The molecule has 26 heavy (non-hydrogen) atoms. The number of nitrogens with one attached hydrogen (secondary N) is 2. The summed E-state index contributed by atoms with van der Waals surface area (Å²) in [5.41, 5.74) is 1.31. The van der Waals surface area contributed by atoms with Crippen LogP contribution in [0, 0.1) is 0 Å². The molecule has 0 aromatic heterocycles. The second-order valence-electron chi connectivity index (χ2n) is 6.01. The Bertz CT molecular complexity index is 778. The normalized spacial score (nSPS) is 16.2. The Morgan fingerprint density at radius 1 is 1.04 bits per heavy atom. The number of hydrogen-bond donors (Lipinski definition) is 2. The molecule has 6 nitrogen and oxygen atoms in total. The van der Waals surface area contributed by atoms with Crippen molar-refractivity contribution < 1.29 is 14.3 Å². The number of amides is 3. The molecule has 0 aliphatic carbocycles. The number of nitrogens with zero attached hydrogens (tertiary/aromatic N) is 1. The number of methoxy groups -OCH3 is 1. The Kier molecular flexibility index (Phi) is 5.63. The van der Waals surface area contributed by atoms with Gasteiger partial charge in [-0.3, -0.25) is 4.79 Å². The molecule has 0 unspecified atom stereocenters. The van der Waals surface area contributed by atoms with Crippen LogP contribution in [0.25, 0.3) is 0 Å². The Balaban J connectivity index is 1.63. The second kappa shape index (κ2) is 8.10. The van der Waals surface area contributed by atoms with Gasteiger partial charge in [0.2, 0.25) is 5.91 Å². The predicted molar refractivity (Wildman–Crippen MR) is 102 cm³/mol. The van der Waals surface area contributed by atoms with Crippen LogP contribution in [0.2, 0.25) is 5.02 Å². The molecule has 1 aliphatic rings. The summed E-state index contributed by atoms with van der Waals surface area (Å²) >= 11 is 5.85. The lowest BCUT2D eigenvalue weighted by Crippen LogP contribution is -2.45. The summed E-state index contributed by atoms with van der Waals surface area (Å²) < 4.78 is 5.10.